The Balaban J connectivity index is 1.58. The van der Waals surface area contributed by atoms with Crippen LogP contribution in [0.4, 0.5) is 0 Å². The van der Waals surface area contributed by atoms with E-state index in [2.05, 4.69) is 29.7 Å². The molecule has 7 nitrogen and oxygen atoms in total. The molecule has 6 atom stereocenters. The van der Waals surface area contributed by atoms with E-state index < -0.39 is 20.6 Å². The first-order valence-electron chi connectivity index (χ1n) is 11.7. The lowest BCUT2D eigenvalue weighted by Crippen LogP contribution is -2.61. The van der Waals surface area contributed by atoms with E-state index >= 15 is 0 Å². The van der Waals surface area contributed by atoms with Gasteiger partial charge in [-0.05, 0) is 22.9 Å². The van der Waals surface area contributed by atoms with Crippen molar-refractivity contribution >= 4 is 19.8 Å². The lowest BCUT2D eigenvalue weighted by Gasteiger charge is -2.48. The molecule has 2 fully saturated rings. The molecule has 4 rings (SSSR count). The summed E-state index contributed by atoms with van der Waals surface area (Å²) in [5.41, 5.74) is 11.3. The van der Waals surface area contributed by atoms with Gasteiger partial charge in [0.2, 0.25) is 0 Å². The maximum Gasteiger partial charge on any atom is 0.184 e. The topological polar surface area (TPSA) is 85.7 Å². The number of ether oxygens (including phenoxy) is 4. The van der Waals surface area contributed by atoms with Crippen LogP contribution in [0.15, 0.2) is 65.8 Å². The van der Waals surface area contributed by atoms with Gasteiger partial charge in [0.05, 0.1) is 18.5 Å². The lowest BCUT2D eigenvalue weighted by molar-refractivity contribution is -0.313. The summed E-state index contributed by atoms with van der Waals surface area (Å²) in [5.74, 6) is 0.961. The summed E-state index contributed by atoms with van der Waals surface area (Å²) in [6.45, 7) is 7.88. The van der Waals surface area contributed by atoms with Crippen LogP contribution in [0.1, 0.15) is 17.4 Å². The number of azide groups is 1. The smallest absolute Gasteiger partial charge is 0.184 e. The van der Waals surface area contributed by atoms with Gasteiger partial charge in [-0.3, -0.25) is 0 Å². The van der Waals surface area contributed by atoms with Crippen molar-refractivity contribution in [3.05, 3.63) is 82.2 Å². The van der Waals surface area contributed by atoms with Crippen LogP contribution >= 0.6 is 11.8 Å². The second-order valence-corrected chi connectivity index (χ2v) is 16.8. The normalized spacial score (nSPS) is 29.1. The Morgan fingerprint density at radius 2 is 1.76 bits per heavy atom. The number of nitrogens with zero attached hydrogens (tertiary/aromatic N) is 3. The predicted molar refractivity (Wildman–Crippen MR) is 137 cm³/mol. The van der Waals surface area contributed by atoms with Crippen molar-refractivity contribution < 1.29 is 18.9 Å². The van der Waals surface area contributed by atoms with Gasteiger partial charge in [0.25, 0.3) is 0 Å². The van der Waals surface area contributed by atoms with E-state index in [-0.39, 0.29) is 23.6 Å². The third-order valence-corrected chi connectivity index (χ3v) is 9.42. The average molecular weight is 500 g/mol. The van der Waals surface area contributed by atoms with Crippen LogP contribution in [0.25, 0.3) is 10.4 Å². The minimum absolute atomic E-state index is 0.174. The Kier molecular flexibility index (Phi) is 8.71. The maximum absolute atomic E-state index is 9.24. The third-order valence-electron chi connectivity index (χ3n) is 5.99. The van der Waals surface area contributed by atoms with Crippen molar-refractivity contribution in [2.75, 3.05) is 12.4 Å². The van der Waals surface area contributed by atoms with Gasteiger partial charge >= 0.3 is 0 Å². The molecule has 4 unspecified atom stereocenters. The Bertz CT molecular complexity index is 956. The van der Waals surface area contributed by atoms with E-state index in [9.17, 15) is 5.53 Å². The van der Waals surface area contributed by atoms with Gasteiger partial charge in [0.15, 0.2) is 12.5 Å². The molecule has 0 saturated carbocycles. The fourth-order valence-corrected chi connectivity index (χ4v) is 8.02. The first-order valence-corrected chi connectivity index (χ1v) is 16.5. The van der Waals surface area contributed by atoms with Crippen LogP contribution in [-0.4, -0.2) is 50.2 Å². The van der Waals surface area contributed by atoms with Gasteiger partial charge in [0.1, 0.15) is 18.3 Å². The summed E-state index contributed by atoms with van der Waals surface area (Å²) >= 11 is 1.77. The van der Waals surface area contributed by atoms with Crippen molar-refractivity contribution in [1.82, 2.24) is 0 Å². The van der Waals surface area contributed by atoms with E-state index in [1.165, 1.54) is 0 Å². The molecule has 9 heteroatoms. The van der Waals surface area contributed by atoms with Gasteiger partial charge in [-0.25, -0.2) is 0 Å². The Morgan fingerprint density at radius 1 is 1.06 bits per heavy atom. The Labute approximate surface area is 206 Å². The first-order chi connectivity index (χ1) is 16.4. The number of hydrogen-bond acceptors (Lipinski definition) is 6. The van der Waals surface area contributed by atoms with Crippen molar-refractivity contribution in [2.24, 2.45) is 5.11 Å². The third kappa shape index (κ3) is 6.64. The van der Waals surface area contributed by atoms with Gasteiger partial charge in [-0.2, -0.15) is 11.8 Å². The molecule has 0 amide bonds. The highest BCUT2D eigenvalue weighted by atomic mass is 32.2. The summed E-state index contributed by atoms with van der Waals surface area (Å²) in [6.07, 6.45) is -2.14. The summed E-state index contributed by atoms with van der Waals surface area (Å²) in [4.78, 5) is 3.08. The number of benzene rings is 2. The molecule has 0 aliphatic carbocycles. The van der Waals surface area contributed by atoms with Gasteiger partial charge in [-0.1, -0.05) is 85.4 Å². The molecule has 2 aromatic rings. The first kappa shape index (κ1) is 25.3. The Hall–Kier alpha value is -1.84. The van der Waals surface area contributed by atoms with E-state index in [4.69, 9.17) is 18.9 Å². The molecular weight excluding hydrogens is 466 g/mol. The van der Waals surface area contributed by atoms with Crippen molar-refractivity contribution in [3.8, 4) is 0 Å². The quantitative estimate of drug-likeness (QED) is 0.178. The number of rotatable bonds is 9. The van der Waals surface area contributed by atoms with Crippen molar-refractivity contribution in [2.45, 2.75) is 68.4 Å². The maximum atomic E-state index is 9.24. The summed E-state index contributed by atoms with van der Waals surface area (Å²) in [5, 5.41) is 3.84. The Morgan fingerprint density at radius 3 is 2.44 bits per heavy atom. The summed E-state index contributed by atoms with van der Waals surface area (Å²) < 4.78 is 25.2. The zero-order valence-electron chi connectivity index (χ0n) is 19.9. The largest absolute Gasteiger partial charge is 0.369 e. The van der Waals surface area contributed by atoms with Crippen LogP contribution < -0.4 is 0 Å². The SMILES string of the molecule is C[Si](C)(C)CCSC1C(OCc2ccccc2)[C@@H]2OC(c3ccccc3)OCC2O[C@@H]1N=[N+]=[N-]. The minimum atomic E-state index is -1.22. The molecule has 2 heterocycles. The van der Waals surface area contributed by atoms with Crippen LogP contribution in [0, 0.1) is 0 Å². The summed E-state index contributed by atoms with van der Waals surface area (Å²) in [7, 11) is -1.22. The van der Waals surface area contributed by atoms with E-state index in [0.29, 0.717) is 13.2 Å². The van der Waals surface area contributed by atoms with Crippen LogP contribution in [-0.2, 0) is 25.6 Å². The zero-order valence-corrected chi connectivity index (χ0v) is 21.8. The summed E-state index contributed by atoms with van der Waals surface area (Å²) in [6, 6.07) is 21.2. The lowest BCUT2D eigenvalue weighted by atomic mass is 9.98. The number of hydrogen-bond donors (Lipinski definition) is 0. The molecule has 0 N–H and O–H groups in total. The van der Waals surface area contributed by atoms with E-state index in [1.807, 2.05) is 60.7 Å². The molecule has 0 bridgehead atoms. The molecule has 2 aromatic carbocycles. The molecule has 2 saturated heterocycles. The van der Waals surface area contributed by atoms with Crippen LogP contribution in [0.2, 0.25) is 25.7 Å². The van der Waals surface area contributed by atoms with Crippen LogP contribution in [0.3, 0.4) is 0 Å². The van der Waals surface area contributed by atoms with Crippen LogP contribution in [0.5, 0.6) is 0 Å². The van der Waals surface area contributed by atoms with E-state index in [1.54, 1.807) is 11.8 Å². The molecule has 182 valence electrons. The number of thioether (sulfide) groups is 1. The number of fused-ring (bicyclic) bond motifs is 1. The van der Waals surface area contributed by atoms with Gasteiger partial charge < -0.3 is 18.9 Å². The van der Waals surface area contributed by atoms with Gasteiger partial charge in [-0.15, -0.1) is 0 Å². The molecule has 34 heavy (non-hydrogen) atoms. The second kappa shape index (κ2) is 11.7. The van der Waals surface area contributed by atoms with Crippen molar-refractivity contribution in [3.63, 3.8) is 0 Å². The molecule has 0 aromatic heterocycles. The monoisotopic (exact) mass is 499 g/mol. The van der Waals surface area contributed by atoms with Gasteiger partial charge in [0, 0.05) is 18.5 Å². The predicted octanol–water partition coefficient (Wildman–Crippen LogP) is 6.16. The molecule has 2 aliphatic rings. The standard InChI is InChI=1S/C25H33N3O4SSi/c1-34(2,3)15-14-33-23-22(29-16-18-10-6-4-7-11-18)21-20(31-24(23)27-28-26)17-30-25(32-21)19-12-8-5-9-13-19/h4-13,20-25H,14-17H2,1-3H3/t20?,21-,22?,23?,24+,25?/m1/s1. The average Bonchev–Trinajstić information content (AvgIpc) is 2.84. The molecule has 0 radical (unpaired) electrons. The second-order valence-electron chi connectivity index (χ2n) is 9.85. The fourth-order valence-electron chi connectivity index (χ4n) is 4.12. The molecule has 2 aliphatic heterocycles. The molecular formula is C25H33N3O4SSi. The van der Waals surface area contributed by atoms with E-state index in [0.717, 1.165) is 22.9 Å². The highest BCUT2D eigenvalue weighted by Gasteiger charge is 2.50. The highest BCUT2D eigenvalue weighted by Crippen LogP contribution is 2.40. The van der Waals surface area contributed by atoms with Crippen molar-refractivity contribution in [1.29, 1.82) is 0 Å². The fraction of sp³-hybridized carbons (Fsp3) is 0.520. The molecule has 0 spiro atoms. The highest BCUT2D eigenvalue weighted by molar-refractivity contribution is 8.00. The zero-order chi connectivity index (χ0) is 24.0. The minimum Gasteiger partial charge on any atom is -0.369 e.